The fourth-order valence-corrected chi connectivity index (χ4v) is 2.53. The molecule has 0 aliphatic heterocycles. The first kappa shape index (κ1) is 9.76. The van der Waals surface area contributed by atoms with Crippen molar-refractivity contribution < 1.29 is 0 Å². The van der Waals surface area contributed by atoms with Crippen LogP contribution in [-0.4, -0.2) is 0 Å². The molecule has 1 unspecified atom stereocenters. The highest BCUT2D eigenvalue weighted by Crippen LogP contribution is 2.25. The van der Waals surface area contributed by atoms with Crippen LogP contribution in [0.1, 0.15) is 42.9 Å². The second-order valence-electron chi connectivity index (χ2n) is 4.75. The van der Waals surface area contributed by atoms with Crippen LogP contribution in [0.2, 0.25) is 0 Å². The normalized spacial score (nSPS) is 22.3. The van der Waals surface area contributed by atoms with Crippen molar-refractivity contribution in [1.82, 2.24) is 0 Å². The number of hydrogen-bond donors (Lipinski definition) is 0. The van der Waals surface area contributed by atoms with Gasteiger partial charge in [-0.2, -0.15) is 0 Å². The Kier molecular flexibility index (Phi) is 2.90. The van der Waals surface area contributed by atoms with Crippen LogP contribution >= 0.6 is 0 Å². The van der Waals surface area contributed by atoms with Gasteiger partial charge in [-0.3, -0.25) is 0 Å². The van der Waals surface area contributed by atoms with Crippen molar-refractivity contribution in [3.05, 3.63) is 34.9 Å². The molecule has 0 saturated heterocycles. The molecule has 14 heavy (non-hydrogen) atoms. The summed E-state index contributed by atoms with van der Waals surface area (Å²) in [5, 5.41) is 0. The summed E-state index contributed by atoms with van der Waals surface area (Å²) in [7, 11) is 0. The third kappa shape index (κ3) is 2.00. The molecule has 76 valence electrons. The first-order chi connectivity index (χ1) is 6.77. The molecule has 1 atom stereocenters. The van der Waals surface area contributed by atoms with E-state index in [0.29, 0.717) is 0 Å². The summed E-state index contributed by atoms with van der Waals surface area (Å²) in [6.45, 7) is 4.65. The second kappa shape index (κ2) is 4.16. The maximum atomic E-state index is 2.39. The van der Waals surface area contributed by atoms with Gasteiger partial charge in [0.05, 0.1) is 0 Å². The van der Waals surface area contributed by atoms with Gasteiger partial charge in [0.1, 0.15) is 0 Å². The van der Waals surface area contributed by atoms with E-state index in [1.165, 1.54) is 37.7 Å². The molecule has 2 rings (SSSR count). The van der Waals surface area contributed by atoms with E-state index >= 15 is 0 Å². The minimum atomic E-state index is 0.919. The lowest BCUT2D eigenvalue weighted by Crippen LogP contribution is -2.07. The SMILES string of the molecule is Cc1cccc2c1CCC(C)CCC2. The standard InChI is InChI=1S/C14H20/c1-11-5-3-7-13-8-4-6-12(2)14(13)10-9-11/h4,6,8,11H,3,5,7,9-10H2,1-2H3. The maximum absolute atomic E-state index is 2.39. The van der Waals surface area contributed by atoms with Crippen molar-refractivity contribution in [3.63, 3.8) is 0 Å². The summed E-state index contributed by atoms with van der Waals surface area (Å²) in [6, 6.07) is 6.78. The van der Waals surface area contributed by atoms with Crippen LogP contribution in [0.15, 0.2) is 18.2 Å². The molecular formula is C14H20. The molecule has 0 aromatic heterocycles. The average molecular weight is 188 g/mol. The fourth-order valence-electron chi connectivity index (χ4n) is 2.53. The molecule has 1 aliphatic carbocycles. The smallest absolute Gasteiger partial charge is 0.0271 e. The molecule has 0 heteroatoms. The molecule has 0 saturated carbocycles. The number of fused-ring (bicyclic) bond motifs is 1. The summed E-state index contributed by atoms with van der Waals surface area (Å²) >= 11 is 0. The van der Waals surface area contributed by atoms with Crippen molar-refractivity contribution in [1.29, 1.82) is 0 Å². The number of benzene rings is 1. The van der Waals surface area contributed by atoms with Crippen LogP contribution in [0.5, 0.6) is 0 Å². The number of rotatable bonds is 0. The molecular weight excluding hydrogens is 168 g/mol. The zero-order chi connectivity index (χ0) is 9.97. The molecule has 0 nitrogen and oxygen atoms in total. The monoisotopic (exact) mass is 188 g/mol. The Bertz CT molecular complexity index is 312. The molecule has 0 bridgehead atoms. The Morgan fingerprint density at radius 3 is 2.86 bits per heavy atom. The molecule has 0 fully saturated rings. The van der Waals surface area contributed by atoms with E-state index in [2.05, 4.69) is 32.0 Å². The lowest BCUT2D eigenvalue weighted by Gasteiger charge is -2.19. The van der Waals surface area contributed by atoms with Gasteiger partial charge in [-0.15, -0.1) is 0 Å². The summed E-state index contributed by atoms with van der Waals surface area (Å²) in [5.41, 5.74) is 4.74. The first-order valence-corrected chi connectivity index (χ1v) is 5.84. The zero-order valence-corrected chi connectivity index (χ0v) is 9.34. The lowest BCUT2D eigenvalue weighted by atomic mass is 9.86. The van der Waals surface area contributed by atoms with Crippen LogP contribution < -0.4 is 0 Å². The Labute approximate surface area is 87.3 Å². The number of hydrogen-bond acceptors (Lipinski definition) is 0. The van der Waals surface area contributed by atoms with E-state index < -0.39 is 0 Å². The Morgan fingerprint density at radius 2 is 2.00 bits per heavy atom. The second-order valence-corrected chi connectivity index (χ2v) is 4.75. The highest BCUT2D eigenvalue weighted by Gasteiger charge is 2.12. The molecule has 0 amide bonds. The Hall–Kier alpha value is -0.780. The molecule has 0 radical (unpaired) electrons. The maximum Gasteiger partial charge on any atom is -0.0271 e. The summed E-state index contributed by atoms with van der Waals surface area (Å²) in [4.78, 5) is 0. The lowest BCUT2D eigenvalue weighted by molar-refractivity contribution is 0.462. The molecule has 1 aliphatic rings. The third-order valence-electron chi connectivity index (χ3n) is 3.54. The van der Waals surface area contributed by atoms with Crippen molar-refractivity contribution in [2.45, 2.75) is 46.0 Å². The summed E-state index contributed by atoms with van der Waals surface area (Å²) in [5.74, 6) is 0.919. The van der Waals surface area contributed by atoms with Crippen molar-refractivity contribution in [2.24, 2.45) is 5.92 Å². The predicted octanol–water partition coefficient (Wildman–Crippen LogP) is 3.90. The van der Waals surface area contributed by atoms with Crippen LogP contribution in [0, 0.1) is 12.8 Å². The quantitative estimate of drug-likeness (QED) is 0.579. The fraction of sp³-hybridized carbons (Fsp3) is 0.571. The molecule has 0 heterocycles. The summed E-state index contributed by atoms with van der Waals surface area (Å²) in [6.07, 6.45) is 6.74. The Morgan fingerprint density at radius 1 is 1.14 bits per heavy atom. The van der Waals surface area contributed by atoms with E-state index in [-0.39, 0.29) is 0 Å². The van der Waals surface area contributed by atoms with E-state index in [9.17, 15) is 0 Å². The van der Waals surface area contributed by atoms with Gasteiger partial charge in [-0.25, -0.2) is 0 Å². The van der Waals surface area contributed by atoms with Gasteiger partial charge in [0, 0.05) is 0 Å². The van der Waals surface area contributed by atoms with Crippen LogP contribution in [-0.2, 0) is 12.8 Å². The van der Waals surface area contributed by atoms with Gasteiger partial charge in [-0.1, -0.05) is 31.5 Å². The highest BCUT2D eigenvalue weighted by atomic mass is 14.2. The van der Waals surface area contributed by atoms with Gasteiger partial charge in [-0.05, 0) is 55.2 Å². The van der Waals surface area contributed by atoms with Crippen LogP contribution in [0.4, 0.5) is 0 Å². The minimum Gasteiger partial charge on any atom is -0.0625 e. The largest absolute Gasteiger partial charge is 0.0625 e. The van der Waals surface area contributed by atoms with Gasteiger partial charge in [0.25, 0.3) is 0 Å². The summed E-state index contributed by atoms with van der Waals surface area (Å²) < 4.78 is 0. The number of aryl methyl sites for hydroxylation is 2. The third-order valence-corrected chi connectivity index (χ3v) is 3.54. The van der Waals surface area contributed by atoms with E-state index in [1.54, 1.807) is 11.1 Å². The van der Waals surface area contributed by atoms with E-state index in [1.807, 2.05) is 0 Å². The van der Waals surface area contributed by atoms with Gasteiger partial charge in [0.2, 0.25) is 0 Å². The minimum absolute atomic E-state index is 0.919. The van der Waals surface area contributed by atoms with Crippen LogP contribution in [0.3, 0.4) is 0 Å². The topological polar surface area (TPSA) is 0 Å². The predicted molar refractivity (Wildman–Crippen MR) is 61.6 cm³/mol. The van der Waals surface area contributed by atoms with E-state index in [0.717, 1.165) is 5.92 Å². The van der Waals surface area contributed by atoms with E-state index in [4.69, 9.17) is 0 Å². The van der Waals surface area contributed by atoms with Crippen molar-refractivity contribution >= 4 is 0 Å². The van der Waals surface area contributed by atoms with Crippen LogP contribution in [0.25, 0.3) is 0 Å². The molecule has 1 aromatic rings. The first-order valence-electron chi connectivity index (χ1n) is 5.84. The zero-order valence-electron chi connectivity index (χ0n) is 9.34. The molecule has 0 spiro atoms. The molecule has 0 N–H and O–H groups in total. The highest BCUT2D eigenvalue weighted by molar-refractivity contribution is 5.35. The average Bonchev–Trinajstić information content (AvgIpc) is 2.13. The van der Waals surface area contributed by atoms with Crippen molar-refractivity contribution in [2.75, 3.05) is 0 Å². The van der Waals surface area contributed by atoms with Crippen molar-refractivity contribution in [3.8, 4) is 0 Å². The van der Waals surface area contributed by atoms with Gasteiger partial charge < -0.3 is 0 Å². The molecule has 1 aromatic carbocycles. The van der Waals surface area contributed by atoms with Gasteiger partial charge in [0.15, 0.2) is 0 Å². The van der Waals surface area contributed by atoms with Gasteiger partial charge >= 0.3 is 0 Å². The Balaban J connectivity index is 2.29.